The van der Waals surface area contributed by atoms with Gasteiger partial charge in [-0.2, -0.15) is 0 Å². The molecule has 0 N–H and O–H groups in total. The molecule has 2 aromatic carbocycles. The molecule has 0 saturated carbocycles. The lowest BCUT2D eigenvalue weighted by Gasteiger charge is -2.33. The molecule has 0 radical (unpaired) electrons. The minimum atomic E-state index is -0.456. The lowest BCUT2D eigenvalue weighted by molar-refractivity contribution is 0.0184. The number of likely N-dealkylation sites (tertiary alicyclic amines) is 1. The second-order valence-corrected chi connectivity index (χ2v) is 11.0. The maximum atomic E-state index is 12.3. The highest BCUT2D eigenvalue weighted by Gasteiger charge is 2.27. The van der Waals surface area contributed by atoms with Crippen LogP contribution in [-0.4, -0.2) is 42.8 Å². The van der Waals surface area contributed by atoms with E-state index in [1.54, 1.807) is 11.3 Å². The van der Waals surface area contributed by atoms with Crippen molar-refractivity contribution in [1.29, 1.82) is 0 Å². The normalized spacial score (nSPS) is 14.9. The fourth-order valence-electron chi connectivity index (χ4n) is 4.62. The van der Waals surface area contributed by atoms with Crippen molar-refractivity contribution in [3.8, 4) is 11.1 Å². The molecule has 4 rings (SSSR count). The molecule has 5 nitrogen and oxygen atoms in total. The Balaban J connectivity index is 1.45. The van der Waals surface area contributed by atoms with Crippen LogP contribution in [0.3, 0.4) is 0 Å². The van der Waals surface area contributed by atoms with Crippen molar-refractivity contribution in [1.82, 2.24) is 4.90 Å². The lowest BCUT2D eigenvalue weighted by Crippen LogP contribution is -2.42. The predicted octanol–water partition coefficient (Wildman–Crippen LogP) is 6.85. The van der Waals surface area contributed by atoms with E-state index < -0.39 is 5.60 Å². The topological polar surface area (TPSA) is 55.8 Å². The van der Waals surface area contributed by atoms with Crippen LogP contribution in [0.4, 0.5) is 4.79 Å². The average molecular weight is 480 g/mol. The summed E-state index contributed by atoms with van der Waals surface area (Å²) in [6, 6.07) is 12.4. The fraction of sp³-hybridized carbons (Fsp3) is 0.429. The zero-order valence-electron chi connectivity index (χ0n) is 20.6. The van der Waals surface area contributed by atoms with E-state index in [2.05, 4.69) is 30.5 Å². The van der Waals surface area contributed by atoms with Crippen molar-refractivity contribution in [2.24, 2.45) is 5.92 Å². The van der Waals surface area contributed by atoms with E-state index in [-0.39, 0.29) is 12.1 Å². The van der Waals surface area contributed by atoms with Crippen LogP contribution in [0.5, 0.6) is 0 Å². The van der Waals surface area contributed by atoms with Gasteiger partial charge in [-0.25, -0.2) is 9.59 Å². The van der Waals surface area contributed by atoms with Crippen molar-refractivity contribution in [2.75, 3.05) is 20.2 Å². The van der Waals surface area contributed by atoms with Gasteiger partial charge in [-0.15, -0.1) is 11.3 Å². The Kier molecular flexibility index (Phi) is 6.99. The number of aryl methyl sites for hydroxylation is 1. The van der Waals surface area contributed by atoms with Gasteiger partial charge in [0.05, 0.1) is 12.7 Å². The number of thiophene rings is 1. The molecule has 0 unspecified atom stereocenters. The molecule has 0 spiro atoms. The largest absolute Gasteiger partial charge is 0.465 e. The summed E-state index contributed by atoms with van der Waals surface area (Å²) < 4.78 is 11.6. The van der Waals surface area contributed by atoms with Gasteiger partial charge in [0.1, 0.15) is 5.60 Å². The Morgan fingerprint density at radius 3 is 2.44 bits per heavy atom. The highest BCUT2D eigenvalue weighted by Crippen LogP contribution is 2.37. The number of methoxy groups -OCH3 is 1. The van der Waals surface area contributed by atoms with Gasteiger partial charge in [0.25, 0.3) is 0 Å². The molecule has 1 aromatic heterocycles. The van der Waals surface area contributed by atoms with E-state index in [9.17, 15) is 9.59 Å². The number of ether oxygens (including phenoxy) is 2. The van der Waals surface area contributed by atoms with Gasteiger partial charge in [0.15, 0.2) is 0 Å². The van der Waals surface area contributed by atoms with Gasteiger partial charge < -0.3 is 14.4 Å². The molecule has 3 aromatic rings. The van der Waals surface area contributed by atoms with Gasteiger partial charge >= 0.3 is 12.1 Å². The summed E-state index contributed by atoms with van der Waals surface area (Å²) in [6.45, 7) is 9.36. The number of carbonyl (C=O) groups is 2. The van der Waals surface area contributed by atoms with Gasteiger partial charge in [0.2, 0.25) is 0 Å². The summed E-state index contributed by atoms with van der Waals surface area (Å²) in [5.74, 6) is 0.248. The Labute approximate surface area is 205 Å². The van der Waals surface area contributed by atoms with E-state index in [1.807, 2.05) is 43.9 Å². The number of esters is 1. The second-order valence-electron chi connectivity index (χ2n) is 10.1. The van der Waals surface area contributed by atoms with Crippen molar-refractivity contribution in [3.05, 3.63) is 58.5 Å². The van der Waals surface area contributed by atoms with Crippen LogP contribution in [0.25, 0.3) is 21.2 Å². The first kappa shape index (κ1) is 24.3. The summed E-state index contributed by atoms with van der Waals surface area (Å²) in [7, 11) is 1.41. The van der Waals surface area contributed by atoms with E-state index in [0.29, 0.717) is 11.5 Å². The zero-order valence-corrected chi connectivity index (χ0v) is 21.5. The third kappa shape index (κ3) is 5.44. The number of rotatable bonds is 4. The first-order valence-corrected chi connectivity index (χ1v) is 12.7. The molecule has 180 valence electrons. The Morgan fingerprint density at radius 2 is 1.79 bits per heavy atom. The van der Waals surface area contributed by atoms with Gasteiger partial charge in [-0.05, 0) is 93.1 Å². The molecule has 0 aliphatic carbocycles. The highest BCUT2D eigenvalue weighted by atomic mass is 32.1. The maximum Gasteiger partial charge on any atom is 0.410 e. The second kappa shape index (κ2) is 9.79. The molecule has 1 fully saturated rings. The number of hydrogen-bond acceptors (Lipinski definition) is 5. The first-order valence-electron chi connectivity index (χ1n) is 11.8. The molecular weight excluding hydrogens is 446 g/mol. The summed E-state index contributed by atoms with van der Waals surface area (Å²) in [4.78, 5) is 26.2. The first-order chi connectivity index (χ1) is 16.1. The van der Waals surface area contributed by atoms with Crippen LogP contribution in [0, 0.1) is 12.8 Å². The van der Waals surface area contributed by atoms with Crippen molar-refractivity contribution >= 4 is 33.5 Å². The Bertz CT molecular complexity index is 1200. The van der Waals surface area contributed by atoms with Gasteiger partial charge in [-0.1, -0.05) is 18.2 Å². The molecule has 1 aliphatic heterocycles. The lowest BCUT2D eigenvalue weighted by atomic mass is 9.88. The fourth-order valence-corrected chi connectivity index (χ4v) is 5.56. The van der Waals surface area contributed by atoms with Crippen LogP contribution < -0.4 is 0 Å². The molecule has 34 heavy (non-hydrogen) atoms. The molecule has 2 heterocycles. The van der Waals surface area contributed by atoms with Crippen LogP contribution in [0.2, 0.25) is 0 Å². The van der Waals surface area contributed by atoms with Crippen LogP contribution in [0.1, 0.15) is 55.1 Å². The highest BCUT2D eigenvalue weighted by molar-refractivity contribution is 7.17. The van der Waals surface area contributed by atoms with Crippen molar-refractivity contribution < 1.29 is 19.1 Å². The van der Waals surface area contributed by atoms with Gasteiger partial charge in [0, 0.05) is 28.7 Å². The summed E-state index contributed by atoms with van der Waals surface area (Å²) >= 11 is 1.69. The third-order valence-electron chi connectivity index (χ3n) is 6.37. The monoisotopic (exact) mass is 479 g/mol. The molecule has 6 heteroatoms. The molecule has 1 saturated heterocycles. The number of benzene rings is 2. The number of fused-ring (bicyclic) bond motifs is 1. The van der Waals surface area contributed by atoms with E-state index in [4.69, 9.17) is 9.47 Å². The van der Waals surface area contributed by atoms with Crippen molar-refractivity contribution in [2.45, 2.75) is 52.6 Å². The summed E-state index contributed by atoms with van der Waals surface area (Å²) in [5.41, 5.74) is 5.01. The number of nitrogens with zero attached hydrogens (tertiary/aromatic N) is 1. The zero-order chi connectivity index (χ0) is 24.5. The van der Waals surface area contributed by atoms with E-state index >= 15 is 0 Å². The van der Waals surface area contributed by atoms with Crippen molar-refractivity contribution in [3.63, 3.8) is 0 Å². The van der Waals surface area contributed by atoms with Crippen LogP contribution in [-0.2, 0) is 15.9 Å². The number of carbonyl (C=O) groups excluding carboxylic acids is 2. The van der Waals surface area contributed by atoms with Crippen LogP contribution >= 0.6 is 11.3 Å². The number of amides is 1. The Morgan fingerprint density at radius 1 is 1.06 bits per heavy atom. The quantitative estimate of drug-likeness (QED) is 0.384. The summed E-state index contributed by atoms with van der Waals surface area (Å²) in [5, 5.41) is 3.25. The minimum Gasteiger partial charge on any atom is -0.465 e. The number of hydrogen-bond donors (Lipinski definition) is 0. The molecule has 0 atom stereocenters. The molecule has 0 bridgehead atoms. The molecular formula is C28H33NO4S. The minimum absolute atomic E-state index is 0.204. The van der Waals surface area contributed by atoms with Crippen LogP contribution in [0.15, 0.2) is 41.8 Å². The molecule has 1 aliphatic rings. The number of piperidine rings is 1. The maximum absolute atomic E-state index is 12.3. The Hall–Kier alpha value is -2.86. The average Bonchev–Trinajstić information content (AvgIpc) is 3.21. The van der Waals surface area contributed by atoms with E-state index in [0.717, 1.165) is 48.0 Å². The van der Waals surface area contributed by atoms with E-state index in [1.165, 1.54) is 23.8 Å². The smallest absolute Gasteiger partial charge is 0.410 e. The predicted molar refractivity (Wildman–Crippen MR) is 138 cm³/mol. The standard InChI is InChI=1S/C28H33NO4S/c1-18-14-20(15-19-10-12-29(13-11-19)27(31)33-28(2,3)4)6-8-22(18)24-17-34-25-9-7-21(16-23(24)25)26(30)32-5/h6-9,14,16-17,19H,10-13,15H2,1-5H3. The molecule has 1 amide bonds. The SMILES string of the molecule is COC(=O)c1ccc2scc(-c3ccc(CC4CCN(C(=O)OC(C)(C)C)CC4)cc3C)c2c1. The third-order valence-corrected chi connectivity index (χ3v) is 7.33. The van der Waals surface area contributed by atoms with Gasteiger partial charge in [-0.3, -0.25) is 0 Å². The summed E-state index contributed by atoms with van der Waals surface area (Å²) in [6.07, 6.45) is 2.79.